The SMILES string of the molecule is Cc1n[nH]c(C)c1C(=O)NCCC(C)N. The average Bonchev–Trinajstić information content (AvgIpc) is 2.45. The molecule has 5 nitrogen and oxygen atoms in total. The van der Waals surface area contributed by atoms with Gasteiger partial charge < -0.3 is 11.1 Å². The van der Waals surface area contributed by atoms with E-state index in [1.807, 2.05) is 20.8 Å². The Kier molecular flexibility index (Phi) is 3.85. The molecule has 0 aliphatic rings. The third kappa shape index (κ3) is 3.06. The molecule has 0 spiro atoms. The molecule has 0 aliphatic carbocycles. The van der Waals surface area contributed by atoms with Gasteiger partial charge in [0.1, 0.15) is 0 Å². The molecule has 0 bridgehead atoms. The minimum Gasteiger partial charge on any atom is -0.352 e. The fraction of sp³-hybridized carbons (Fsp3) is 0.600. The highest BCUT2D eigenvalue weighted by atomic mass is 16.1. The first-order valence-corrected chi connectivity index (χ1v) is 5.07. The molecule has 0 aromatic carbocycles. The number of carbonyl (C=O) groups excluding carboxylic acids is 1. The van der Waals surface area contributed by atoms with Crippen LogP contribution in [-0.4, -0.2) is 28.7 Å². The summed E-state index contributed by atoms with van der Waals surface area (Å²) in [4.78, 5) is 11.7. The summed E-state index contributed by atoms with van der Waals surface area (Å²) < 4.78 is 0. The third-order valence-corrected chi connectivity index (χ3v) is 2.24. The van der Waals surface area contributed by atoms with Gasteiger partial charge in [0.2, 0.25) is 0 Å². The van der Waals surface area contributed by atoms with E-state index in [0.29, 0.717) is 12.1 Å². The van der Waals surface area contributed by atoms with Crippen LogP contribution in [0.25, 0.3) is 0 Å². The Morgan fingerprint density at radius 1 is 1.60 bits per heavy atom. The topological polar surface area (TPSA) is 83.8 Å². The fourth-order valence-corrected chi connectivity index (χ4v) is 1.39. The number of carbonyl (C=O) groups is 1. The second kappa shape index (κ2) is 4.93. The molecule has 5 heteroatoms. The average molecular weight is 210 g/mol. The molecular weight excluding hydrogens is 192 g/mol. The van der Waals surface area contributed by atoms with Crippen molar-refractivity contribution < 1.29 is 4.79 Å². The molecule has 1 rings (SSSR count). The Morgan fingerprint density at radius 2 is 2.27 bits per heavy atom. The lowest BCUT2D eigenvalue weighted by Crippen LogP contribution is -2.29. The molecule has 1 heterocycles. The Morgan fingerprint density at radius 3 is 2.73 bits per heavy atom. The highest BCUT2D eigenvalue weighted by Gasteiger charge is 2.14. The molecular formula is C10H18N4O. The minimum absolute atomic E-state index is 0.0839. The summed E-state index contributed by atoms with van der Waals surface area (Å²) in [7, 11) is 0. The number of aryl methyl sites for hydroxylation is 2. The largest absolute Gasteiger partial charge is 0.352 e. The van der Waals surface area contributed by atoms with Crippen LogP contribution in [-0.2, 0) is 0 Å². The number of hydrogen-bond acceptors (Lipinski definition) is 3. The Labute approximate surface area is 89.4 Å². The van der Waals surface area contributed by atoms with Crippen molar-refractivity contribution in [3.8, 4) is 0 Å². The van der Waals surface area contributed by atoms with Gasteiger partial charge in [-0.2, -0.15) is 5.10 Å². The van der Waals surface area contributed by atoms with Gasteiger partial charge in [-0.3, -0.25) is 9.89 Å². The van der Waals surface area contributed by atoms with Crippen molar-refractivity contribution in [1.82, 2.24) is 15.5 Å². The number of amides is 1. The van der Waals surface area contributed by atoms with Crippen molar-refractivity contribution in [2.24, 2.45) is 5.73 Å². The van der Waals surface area contributed by atoms with Crippen molar-refractivity contribution in [2.75, 3.05) is 6.54 Å². The maximum Gasteiger partial charge on any atom is 0.255 e. The zero-order valence-electron chi connectivity index (χ0n) is 9.42. The van der Waals surface area contributed by atoms with E-state index in [1.54, 1.807) is 0 Å². The van der Waals surface area contributed by atoms with E-state index >= 15 is 0 Å². The molecule has 1 amide bonds. The number of nitrogens with two attached hydrogens (primary N) is 1. The van der Waals surface area contributed by atoms with E-state index in [9.17, 15) is 4.79 Å². The highest BCUT2D eigenvalue weighted by Crippen LogP contribution is 2.08. The van der Waals surface area contributed by atoms with Crippen LogP contribution in [0, 0.1) is 13.8 Å². The van der Waals surface area contributed by atoms with Gasteiger partial charge in [0.15, 0.2) is 0 Å². The van der Waals surface area contributed by atoms with Crippen LogP contribution >= 0.6 is 0 Å². The van der Waals surface area contributed by atoms with Crippen molar-refractivity contribution in [2.45, 2.75) is 33.2 Å². The summed E-state index contributed by atoms with van der Waals surface area (Å²) in [6.07, 6.45) is 0.779. The molecule has 0 fully saturated rings. The fourth-order valence-electron chi connectivity index (χ4n) is 1.39. The number of H-pyrrole nitrogens is 1. The van der Waals surface area contributed by atoms with Crippen LogP contribution < -0.4 is 11.1 Å². The van der Waals surface area contributed by atoms with E-state index < -0.39 is 0 Å². The number of hydrogen-bond donors (Lipinski definition) is 3. The second-order valence-electron chi connectivity index (χ2n) is 3.83. The van der Waals surface area contributed by atoms with Crippen molar-refractivity contribution >= 4 is 5.91 Å². The van der Waals surface area contributed by atoms with Gasteiger partial charge >= 0.3 is 0 Å². The van der Waals surface area contributed by atoms with Crippen molar-refractivity contribution in [3.05, 3.63) is 17.0 Å². The summed E-state index contributed by atoms with van der Waals surface area (Å²) in [5.74, 6) is -0.0839. The maximum absolute atomic E-state index is 11.7. The summed E-state index contributed by atoms with van der Waals surface area (Å²) in [5, 5.41) is 9.57. The van der Waals surface area contributed by atoms with Crippen LogP contribution in [0.4, 0.5) is 0 Å². The van der Waals surface area contributed by atoms with Gasteiger partial charge in [-0.1, -0.05) is 0 Å². The monoisotopic (exact) mass is 210 g/mol. The zero-order valence-corrected chi connectivity index (χ0v) is 9.42. The first kappa shape index (κ1) is 11.7. The summed E-state index contributed by atoms with van der Waals surface area (Å²) in [6, 6.07) is 0.108. The van der Waals surface area contributed by atoms with Gasteiger partial charge in [-0.25, -0.2) is 0 Å². The lowest BCUT2D eigenvalue weighted by molar-refractivity contribution is 0.0951. The molecule has 84 valence electrons. The molecule has 0 aliphatic heterocycles. The summed E-state index contributed by atoms with van der Waals surface area (Å²) in [6.45, 7) is 6.16. The lowest BCUT2D eigenvalue weighted by atomic mass is 10.2. The van der Waals surface area contributed by atoms with E-state index in [-0.39, 0.29) is 11.9 Å². The molecule has 0 radical (unpaired) electrons. The van der Waals surface area contributed by atoms with Gasteiger partial charge in [-0.05, 0) is 27.2 Å². The number of nitrogens with zero attached hydrogens (tertiary/aromatic N) is 1. The molecule has 1 atom stereocenters. The van der Waals surface area contributed by atoms with Gasteiger partial charge in [0, 0.05) is 18.3 Å². The van der Waals surface area contributed by atoms with Crippen LogP contribution in [0.1, 0.15) is 35.1 Å². The van der Waals surface area contributed by atoms with Crippen LogP contribution in [0.5, 0.6) is 0 Å². The van der Waals surface area contributed by atoms with E-state index in [0.717, 1.165) is 17.8 Å². The normalized spacial score (nSPS) is 12.5. The Bertz CT molecular complexity index is 324. The maximum atomic E-state index is 11.7. The summed E-state index contributed by atoms with van der Waals surface area (Å²) in [5.41, 5.74) is 7.75. The van der Waals surface area contributed by atoms with Crippen molar-refractivity contribution in [1.29, 1.82) is 0 Å². The van der Waals surface area contributed by atoms with Crippen LogP contribution in [0.3, 0.4) is 0 Å². The molecule has 15 heavy (non-hydrogen) atoms. The third-order valence-electron chi connectivity index (χ3n) is 2.24. The minimum atomic E-state index is -0.0839. The summed E-state index contributed by atoms with van der Waals surface area (Å²) >= 11 is 0. The Balaban J connectivity index is 2.54. The van der Waals surface area contributed by atoms with E-state index in [1.165, 1.54) is 0 Å². The molecule has 0 saturated heterocycles. The molecule has 4 N–H and O–H groups in total. The quantitative estimate of drug-likeness (QED) is 0.676. The van der Waals surface area contributed by atoms with E-state index in [4.69, 9.17) is 5.73 Å². The number of aromatic nitrogens is 2. The van der Waals surface area contributed by atoms with Crippen molar-refractivity contribution in [3.63, 3.8) is 0 Å². The van der Waals surface area contributed by atoms with Gasteiger partial charge in [0.05, 0.1) is 11.3 Å². The standard InChI is InChI=1S/C10H18N4O/c1-6(11)4-5-12-10(15)9-7(2)13-14-8(9)3/h6H,4-5,11H2,1-3H3,(H,12,15)(H,13,14). The zero-order chi connectivity index (χ0) is 11.4. The van der Waals surface area contributed by atoms with Gasteiger partial charge in [-0.15, -0.1) is 0 Å². The highest BCUT2D eigenvalue weighted by molar-refractivity contribution is 5.96. The second-order valence-corrected chi connectivity index (χ2v) is 3.83. The molecule has 1 aromatic rings. The number of rotatable bonds is 4. The van der Waals surface area contributed by atoms with Gasteiger partial charge in [0.25, 0.3) is 5.91 Å². The van der Waals surface area contributed by atoms with Crippen LogP contribution in [0.15, 0.2) is 0 Å². The smallest absolute Gasteiger partial charge is 0.255 e. The predicted molar refractivity (Wildman–Crippen MR) is 58.7 cm³/mol. The first-order valence-electron chi connectivity index (χ1n) is 5.07. The molecule has 1 aromatic heterocycles. The van der Waals surface area contributed by atoms with Crippen LogP contribution in [0.2, 0.25) is 0 Å². The van der Waals surface area contributed by atoms with E-state index in [2.05, 4.69) is 15.5 Å². The number of nitrogens with one attached hydrogen (secondary N) is 2. The molecule has 1 unspecified atom stereocenters. The predicted octanol–water partition coefficient (Wildman–Crippen LogP) is 0.494. The lowest BCUT2D eigenvalue weighted by Gasteiger charge is -2.07. The number of aromatic amines is 1. The first-order chi connectivity index (χ1) is 7.02. The molecule has 0 saturated carbocycles. The Hall–Kier alpha value is -1.36.